The standard InChI is InChI=1S/C10H11ClO3/c1-6-4-8(11)3-2-7(6)5-9(12)10(13)14/h2-4,9,12H,5H2,1H3,(H,13,14). The maximum atomic E-state index is 10.4. The lowest BCUT2D eigenvalue weighted by Crippen LogP contribution is -2.22. The molecule has 4 heteroatoms. The third-order valence-electron chi connectivity index (χ3n) is 2.00. The molecule has 0 saturated heterocycles. The Hall–Kier alpha value is -1.06. The first kappa shape index (κ1) is 11.0. The highest BCUT2D eigenvalue weighted by Crippen LogP contribution is 2.16. The van der Waals surface area contributed by atoms with E-state index in [-0.39, 0.29) is 6.42 Å². The highest BCUT2D eigenvalue weighted by molar-refractivity contribution is 6.30. The van der Waals surface area contributed by atoms with Crippen LogP contribution in [0.5, 0.6) is 0 Å². The van der Waals surface area contributed by atoms with Crippen molar-refractivity contribution in [2.24, 2.45) is 0 Å². The van der Waals surface area contributed by atoms with Crippen LogP contribution in [0.1, 0.15) is 11.1 Å². The lowest BCUT2D eigenvalue weighted by molar-refractivity contribution is -0.146. The number of halogens is 1. The Balaban J connectivity index is 2.82. The largest absolute Gasteiger partial charge is 0.479 e. The van der Waals surface area contributed by atoms with Crippen molar-refractivity contribution in [3.63, 3.8) is 0 Å². The summed E-state index contributed by atoms with van der Waals surface area (Å²) in [6, 6.07) is 5.15. The zero-order valence-corrected chi connectivity index (χ0v) is 8.45. The minimum absolute atomic E-state index is 0.109. The number of aliphatic carboxylic acids is 1. The van der Waals surface area contributed by atoms with E-state index in [1.165, 1.54) is 0 Å². The zero-order chi connectivity index (χ0) is 10.7. The molecule has 76 valence electrons. The molecule has 0 heterocycles. The van der Waals surface area contributed by atoms with Crippen molar-refractivity contribution in [1.82, 2.24) is 0 Å². The van der Waals surface area contributed by atoms with E-state index in [9.17, 15) is 4.79 Å². The fraction of sp³-hybridized carbons (Fsp3) is 0.300. The van der Waals surface area contributed by atoms with E-state index in [0.717, 1.165) is 11.1 Å². The number of hydrogen-bond donors (Lipinski definition) is 2. The highest BCUT2D eigenvalue weighted by Gasteiger charge is 2.14. The van der Waals surface area contributed by atoms with Crippen LogP contribution in [-0.4, -0.2) is 22.3 Å². The molecule has 1 unspecified atom stereocenters. The number of aryl methyl sites for hydroxylation is 1. The van der Waals surface area contributed by atoms with Crippen LogP contribution >= 0.6 is 11.6 Å². The van der Waals surface area contributed by atoms with Gasteiger partial charge in [0.05, 0.1) is 0 Å². The molecule has 0 aliphatic rings. The van der Waals surface area contributed by atoms with Crippen molar-refractivity contribution in [3.8, 4) is 0 Å². The Bertz CT molecular complexity index is 349. The van der Waals surface area contributed by atoms with Gasteiger partial charge in [-0.1, -0.05) is 17.7 Å². The molecular weight excluding hydrogens is 204 g/mol. The third-order valence-corrected chi connectivity index (χ3v) is 2.24. The molecule has 1 atom stereocenters. The monoisotopic (exact) mass is 214 g/mol. The first-order chi connectivity index (χ1) is 6.50. The second-order valence-corrected chi connectivity index (χ2v) is 3.57. The Labute approximate surface area is 86.9 Å². The fourth-order valence-corrected chi connectivity index (χ4v) is 1.41. The average molecular weight is 215 g/mol. The first-order valence-corrected chi connectivity index (χ1v) is 4.54. The van der Waals surface area contributed by atoms with Crippen molar-refractivity contribution in [2.45, 2.75) is 19.4 Å². The molecule has 0 fully saturated rings. The second kappa shape index (κ2) is 4.44. The molecule has 0 amide bonds. The summed E-state index contributed by atoms with van der Waals surface area (Å²) < 4.78 is 0. The summed E-state index contributed by atoms with van der Waals surface area (Å²) >= 11 is 5.74. The molecule has 0 saturated carbocycles. The molecule has 1 aromatic carbocycles. The van der Waals surface area contributed by atoms with Crippen LogP contribution in [0.3, 0.4) is 0 Å². The molecule has 0 aliphatic heterocycles. The smallest absolute Gasteiger partial charge is 0.332 e. The topological polar surface area (TPSA) is 57.5 Å². The molecule has 0 bridgehead atoms. The van der Waals surface area contributed by atoms with E-state index in [1.54, 1.807) is 18.2 Å². The van der Waals surface area contributed by atoms with Gasteiger partial charge in [-0.15, -0.1) is 0 Å². The van der Waals surface area contributed by atoms with Crippen molar-refractivity contribution < 1.29 is 15.0 Å². The molecule has 14 heavy (non-hydrogen) atoms. The van der Waals surface area contributed by atoms with Gasteiger partial charge in [0, 0.05) is 11.4 Å². The molecular formula is C10H11ClO3. The molecule has 1 rings (SSSR count). The quantitative estimate of drug-likeness (QED) is 0.804. The number of carbonyl (C=O) groups is 1. The number of aliphatic hydroxyl groups excluding tert-OH is 1. The predicted octanol–water partition coefficient (Wildman–Crippen LogP) is 1.64. The molecule has 0 aromatic heterocycles. The van der Waals surface area contributed by atoms with Gasteiger partial charge in [-0.2, -0.15) is 0 Å². The number of rotatable bonds is 3. The van der Waals surface area contributed by atoms with Crippen molar-refractivity contribution in [1.29, 1.82) is 0 Å². The number of aliphatic hydroxyl groups is 1. The van der Waals surface area contributed by atoms with Crippen LogP contribution in [-0.2, 0) is 11.2 Å². The number of hydrogen-bond acceptors (Lipinski definition) is 2. The molecule has 0 aliphatic carbocycles. The minimum atomic E-state index is -1.35. The second-order valence-electron chi connectivity index (χ2n) is 3.13. The first-order valence-electron chi connectivity index (χ1n) is 4.16. The molecule has 0 spiro atoms. The van der Waals surface area contributed by atoms with Crippen LogP contribution in [0.25, 0.3) is 0 Å². The highest BCUT2D eigenvalue weighted by atomic mass is 35.5. The van der Waals surface area contributed by atoms with E-state index in [1.807, 2.05) is 6.92 Å². The van der Waals surface area contributed by atoms with Crippen LogP contribution in [0.2, 0.25) is 5.02 Å². The van der Waals surface area contributed by atoms with Crippen molar-refractivity contribution in [2.75, 3.05) is 0 Å². The molecule has 2 N–H and O–H groups in total. The van der Waals surface area contributed by atoms with Gasteiger partial charge in [-0.3, -0.25) is 0 Å². The van der Waals surface area contributed by atoms with Gasteiger partial charge in [-0.05, 0) is 30.2 Å². The lowest BCUT2D eigenvalue weighted by atomic mass is 10.0. The van der Waals surface area contributed by atoms with Gasteiger partial charge < -0.3 is 10.2 Å². The summed E-state index contributed by atoms with van der Waals surface area (Å²) in [4.78, 5) is 10.4. The zero-order valence-electron chi connectivity index (χ0n) is 7.70. The summed E-state index contributed by atoms with van der Waals surface area (Å²) in [5.41, 5.74) is 1.68. The fourth-order valence-electron chi connectivity index (χ4n) is 1.18. The van der Waals surface area contributed by atoms with Crippen LogP contribution in [0.15, 0.2) is 18.2 Å². The van der Waals surface area contributed by atoms with Crippen LogP contribution in [0.4, 0.5) is 0 Å². The average Bonchev–Trinajstić information content (AvgIpc) is 2.09. The summed E-state index contributed by atoms with van der Waals surface area (Å²) in [5, 5.41) is 18.3. The van der Waals surface area contributed by atoms with Gasteiger partial charge in [0.2, 0.25) is 0 Å². The summed E-state index contributed by atoms with van der Waals surface area (Å²) in [6.07, 6.45) is -1.24. The maximum absolute atomic E-state index is 10.4. The predicted molar refractivity (Wildman–Crippen MR) is 53.5 cm³/mol. The number of benzene rings is 1. The third kappa shape index (κ3) is 2.72. The van der Waals surface area contributed by atoms with Gasteiger partial charge in [-0.25, -0.2) is 4.79 Å². The Morgan fingerprint density at radius 3 is 2.71 bits per heavy atom. The lowest BCUT2D eigenvalue weighted by Gasteiger charge is -2.08. The Kier molecular flexibility index (Phi) is 3.49. The van der Waals surface area contributed by atoms with Gasteiger partial charge in [0.1, 0.15) is 0 Å². The summed E-state index contributed by atoms with van der Waals surface area (Å²) in [6.45, 7) is 1.83. The van der Waals surface area contributed by atoms with E-state index in [0.29, 0.717) is 5.02 Å². The number of carboxylic acids is 1. The van der Waals surface area contributed by atoms with Crippen molar-refractivity contribution in [3.05, 3.63) is 34.3 Å². The van der Waals surface area contributed by atoms with E-state index in [4.69, 9.17) is 21.8 Å². The van der Waals surface area contributed by atoms with Gasteiger partial charge >= 0.3 is 5.97 Å². The molecule has 0 radical (unpaired) electrons. The summed E-state index contributed by atoms with van der Waals surface area (Å²) in [7, 11) is 0. The molecule has 3 nitrogen and oxygen atoms in total. The van der Waals surface area contributed by atoms with Crippen LogP contribution < -0.4 is 0 Å². The van der Waals surface area contributed by atoms with Crippen LogP contribution in [0, 0.1) is 6.92 Å². The Morgan fingerprint density at radius 1 is 1.57 bits per heavy atom. The summed E-state index contributed by atoms with van der Waals surface area (Å²) in [5.74, 6) is -1.21. The van der Waals surface area contributed by atoms with E-state index < -0.39 is 12.1 Å². The van der Waals surface area contributed by atoms with Gasteiger partial charge in [0.15, 0.2) is 6.10 Å². The molecule has 1 aromatic rings. The van der Waals surface area contributed by atoms with E-state index >= 15 is 0 Å². The normalized spacial score (nSPS) is 12.5. The SMILES string of the molecule is Cc1cc(Cl)ccc1CC(O)C(=O)O. The van der Waals surface area contributed by atoms with E-state index in [2.05, 4.69) is 0 Å². The minimum Gasteiger partial charge on any atom is -0.479 e. The van der Waals surface area contributed by atoms with Crippen molar-refractivity contribution >= 4 is 17.6 Å². The maximum Gasteiger partial charge on any atom is 0.332 e. The Morgan fingerprint density at radius 2 is 2.21 bits per heavy atom. The number of carboxylic acid groups (broad SMARTS) is 1. The van der Waals surface area contributed by atoms with Gasteiger partial charge in [0.25, 0.3) is 0 Å².